The largest absolute Gasteiger partial charge is 0.423 e. The lowest BCUT2D eigenvalue weighted by Gasteiger charge is -2.11. The van der Waals surface area contributed by atoms with E-state index in [-0.39, 0.29) is 5.69 Å². The van der Waals surface area contributed by atoms with Crippen molar-refractivity contribution in [1.29, 1.82) is 0 Å². The van der Waals surface area contributed by atoms with Crippen LogP contribution in [0.3, 0.4) is 0 Å². The molecular weight excluding hydrogens is 261 g/mol. The van der Waals surface area contributed by atoms with Crippen LogP contribution in [0.25, 0.3) is 0 Å². The van der Waals surface area contributed by atoms with Gasteiger partial charge in [-0.1, -0.05) is 19.8 Å². The number of rotatable bonds is 6. The summed E-state index contributed by atoms with van der Waals surface area (Å²) in [6, 6.07) is 2.95. The fourth-order valence-corrected chi connectivity index (χ4v) is 1.64. The van der Waals surface area contributed by atoms with Crippen LogP contribution in [0.4, 0.5) is 24.5 Å². The number of nitrogens with zero attached hydrogens (tertiary/aromatic N) is 1. The van der Waals surface area contributed by atoms with E-state index >= 15 is 0 Å². The van der Waals surface area contributed by atoms with Crippen LogP contribution in [0, 0.1) is 10.1 Å². The molecule has 0 aliphatic heterocycles. The SMILES string of the molecule is CCCCCNc1ccc([N+](=O)[O-])c(C(F)(F)F)c1. The molecule has 0 fully saturated rings. The Morgan fingerprint density at radius 3 is 2.53 bits per heavy atom. The molecule has 1 aromatic rings. The first-order valence-corrected chi connectivity index (χ1v) is 5.95. The van der Waals surface area contributed by atoms with Crippen LogP contribution in [0.2, 0.25) is 0 Å². The Hall–Kier alpha value is -1.79. The zero-order valence-electron chi connectivity index (χ0n) is 10.5. The average Bonchev–Trinajstić information content (AvgIpc) is 2.33. The number of nitro benzene ring substituents is 1. The first kappa shape index (κ1) is 15.3. The maximum Gasteiger partial charge on any atom is 0.423 e. The highest BCUT2D eigenvalue weighted by molar-refractivity contribution is 5.55. The smallest absolute Gasteiger partial charge is 0.385 e. The van der Waals surface area contributed by atoms with Gasteiger partial charge in [0.25, 0.3) is 5.69 Å². The number of hydrogen-bond acceptors (Lipinski definition) is 3. The summed E-state index contributed by atoms with van der Waals surface area (Å²) in [4.78, 5) is 9.54. The maximum absolute atomic E-state index is 12.7. The van der Waals surface area contributed by atoms with Crippen LogP contribution in [0.1, 0.15) is 31.7 Å². The average molecular weight is 276 g/mol. The number of anilines is 1. The number of hydrogen-bond donors (Lipinski definition) is 1. The van der Waals surface area contributed by atoms with E-state index in [2.05, 4.69) is 5.32 Å². The molecule has 0 aromatic heterocycles. The van der Waals surface area contributed by atoms with Crippen molar-refractivity contribution in [3.8, 4) is 0 Å². The van der Waals surface area contributed by atoms with Gasteiger partial charge in [0.15, 0.2) is 0 Å². The minimum Gasteiger partial charge on any atom is -0.385 e. The molecule has 19 heavy (non-hydrogen) atoms. The highest BCUT2D eigenvalue weighted by Crippen LogP contribution is 2.37. The fraction of sp³-hybridized carbons (Fsp3) is 0.500. The van der Waals surface area contributed by atoms with Crippen LogP contribution in [-0.4, -0.2) is 11.5 Å². The first-order valence-electron chi connectivity index (χ1n) is 5.95. The topological polar surface area (TPSA) is 55.2 Å². The quantitative estimate of drug-likeness (QED) is 0.481. The van der Waals surface area contributed by atoms with Crippen molar-refractivity contribution in [2.45, 2.75) is 32.4 Å². The highest BCUT2D eigenvalue weighted by atomic mass is 19.4. The van der Waals surface area contributed by atoms with E-state index in [0.29, 0.717) is 6.54 Å². The van der Waals surface area contributed by atoms with Gasteiger partial charge in [-0.2, -0.15) is 13.2 Å². The molecule has 0 unspecified atom stereocenters. The molecular formula is C12H15F3N2O2. The third kappa shape index (κ3) is 4.42. The van der Waals surface area contributed by atoms with Crippen molar-refractivity contribution in [1.82, 2.24) is 0 Å². The summed E-state index contributed by atoms with van der Waals surface area (Å²) >= 11 is 0. The summed E-state index contributed by atoms with van der Waals surface area (Å²) in [6.07, 6.45) is -1.90. The van der Waals surface area contributed by atoms with Crippen molar-refractivity contribution in [2.24, 2.45) is 0 Å². The first-order chi connectivity index (χ1) is 8.86. The molecule has 0 amide bonds. The predicted octanol–water partition coefficient (Wildman–Crippen LogP) is 4.22. The van der Waals surface area contributed by atoms with Gasteiger partial charge in [0.2, 0.25) is 0 Å². The van der Waals surface area contributed by atoms with E-state index in [0.717, 1.165) is 31.4 Å². The van der Waals surface area contributed by atoms with Crippen molar-refractivity contribution in [3.63, 3.8) is 0 Å². The zero-order valence-corrected chi connectivity index (χ0v) is 10.5. The molecule has 0 bridgehead atoms. The molecule has 0 atom stereocenters. The van der Waals surface area contributed by atoms with E-state index in [1.807, 2.05) is 6.92 Å². The second-order valence-electron chi connectivity index (χ2n) is 4.12. The molecule has 0 saturated heterocycles. The van der Waals surface area contributed by atoms with Crippen molar-refractivity contribution in [3.05, 3.63) is 33.9 Å². The summed E-state index contributed by atoms with van der Waals surface area (Å²) in [5.41, 5.74) is -1.90. The van der Waals surface area contributed by atoms with Gasteiger partial charge in [0.1, 0.15) is 5.56 Å². The van der Waals surface area contributed by atoms with Gasteiger partial charge in [-0.25, -0.2) is 0 Å². The lowest BCUT2D eigenvalue weighted by Crippen LogP contribution is -2.10. The van der Waals surface area contributed by atoms with Crippen LogP contribution >= 0.6 is 0 Å². The Balaban J connectivity index is 2.90. The molecule has 0 saturated carbocycles. The summed E-state index contributed by atoms with van der Waals surface area (Å²) < 4.78 is 38.1. The minimum absolute atomic E-state index is 0.244. The minimum atomic E-state index is -4.73. The van der Waals surface area contributed by atoms with Gasteiger partial charge >= 0.3 is 6.18 Å². The highest BCUT2D eigenvalue weighted by Gasteiger charge is 2.38. The third-order valence-electron chi connectivity index (χ3n) is 2.61. The van der Waals surface area contributed by atoms with Gasteiger partial charge in [0.05, 0.1) is 4.92 Å². The lowest BCUT2D eigenvalue weighted by molar-refractivity contribution is -0.388. The summed E-state index contributed by atoms with van der Waals surface area (Å²) in [5.74, 6) is 0. The lowest BCUT2D eigenvalue weighted by atomic mass is 10.1. The third-order valence-corrected chi connectivity index (χ3v) is 2.61. The number of unbranched alkanes of at least 4 members (excludes halogenated alkanes) is 2. The van der Waals surface area contributed by atoms with Gasteiger partial charge in [0, 0.05) is 18.3 Å². The van der Waals surface area contributed by atoms with Gasteiger partial charge in [-0.3, -0.25) is 10.1 Å². The molecule has 0 aliphatic rings. The molecule has 0 heterocycles. The molecule has 0 aliphatic carbocycles. The molecule has 7 heteroatoms. The van der Waals surface area contributed by atoms with E-state index < -0.39 is 22.4 Å². The summed E-state index contributed by atoms with van der Waals surface area (Å²) in [5, 5.41) is 13.4. The zero-order chi connectivity index (χ0) is 14.5. The Morgan fingerprint density at radius 2 is 2.00 bits per heavy atom. The van der Waals surface area contributed by atoms with Crippen LogP contribution in [-0.2, 0) is 6.18 Å². The number of alkyl halides is 3. The Bertz CT molecular complexity index is 447. The van der Waals surface area contributed by atoms with Crippen molar-refractivity contribution in [2.75, 3.05) is 11.9 Å². The Morgan fingerprint density at radius 1 is 1.32 bits per heavy atom. The normalized spacial score (nSPS) is 11.4. The molecule has 1 aromatic carbocycles. The van der Waals surface area contributed by atoms with Crippen molar-refractivity contribution < 1.29 is 18.1 Å². The van der Waals surface area contributed by atoms with E-state index in [1.165, 1.54) is 6.07 Å². The Kier molecular flexibility index (Phi) is 5.14. The van der Waals surface area contributed by atoms with Gasteiger partial charge in [-0.05, 0) is 18.6 Å². The molecule has 4 nitrogen and oxygen atoms in total. The predicted molar refractivity (Wildman–Crippen MR) is 66.1 cm³/mol. The van der Waals surface area contributed by atoms with E-state index in [4.69, 9.17) is 0 Å². The molecule has 106 valence electrons. The fourth-order valence-electron chi connectivity index (χ4n) is 1.64. The number of nitro groups is 1. The van der Waals surface area contributed by atoms with Crippen LogP contribution in [0.15, 0.2) is 18.2 Å². The second kappa shape index (κ2) is 6.40. The standard InChI is InChI=1S/C12H15F3N2O2/c1-2-3-4-7-16-9-5-6-11(17(18)19)10(8-9)12(13,14)15/h5-6,8,16H,2-4,7H2,1H3. The summed E-state index contributed by atoms with van der Waals surface area (Å²) in [6.45, 7) is 2.57. The van der Waals surface area contributed by atoms with Gasteiger partial charge in [-0.15, -0.1) is 0 Å². The van der Waals surface area contributed by atoms with Crippen molar-refractivity contribution >= 4 is 11.4 Å². The summed E-state index contributed by atoms with van der Waals surface area (Å²) in [7, 11) is 0. The molecule has 1 rings (SSSR count). The van der Waals surface area contributed by atoms with Crippen LogP contribution < -0.4 is 5.32 Å². The number of benzene rings is 1. The monoisotopic (exact) mass is 276 g/mol. The molecule has 0 radical (unpaired) electrons. The molecule has 0 spiro atoms. The van der Waals surface area contributed by atoms with E-state index in [1.54, 1.807) is 0 Å². The second-order valence-corrected chi connectivity index (χ2v) is 4.12. The Labute approximate surface area is 108 Å². The number of nitrogens with one attached hydrogen (secondary N) is 1. The number of halogens is 3. The maximum atomic E-state index is 12.7. The van der Waals surface area contributed by atoms with Gasteiger partial charge < -0.3 is 5.32 Å². The molecule has 1 N–H and O–H groups in total. The van der Waals surface area contributed by atoms with E-state index in [9.17, 15) is 23.3 Å². The van der Waals surface area contributed by atoms with Crippen LogP contribution in [0.5, 0.6) is 0 Å².